The number of fused-ring (bicyclic) bond motifs is 2. The number of ether oxygens (including phenoxy) is 2. The lowest BCUT2D eigenvalue weighted by Gasteiger charge is -2.20. The number of nitrogens with one attached hydrogen (secondary N) is 1. The van der Waals surface area contributed by atoms with Gasteiger partial charge in [0.2, 0.25) is 0 Å². The molecule has 1 fully saturated rings. The van der Waals surface area contributed by atoms with Crippen LogP contribution in [0.3, 0.4) is 0 Å². The minimum Gasteiger partial charge on any atom is -0.494 e. The van der Waals surface area contributed by atoms with Crippen LogP contribution in [0.25, 0.3) is 22.2 Å². The smallest absolute Gasteiger partial charge is 0.251 e. The van der Waals surface area contributed by atoms with Crippen LogP contribution in [0.2, 0.25) is 5.02 Å². The topological polar surface area (TPSA) is 73.3 Å². The fourth-order valence-corrected chi connectivity index (χ4v) is 5.34. The molecule has 0 radical (unpaired) electrons. The standard InChI is InChI=1S/C30H27ClFN3O3/c1-16-15-38-29-23(16)12-25(35-28(29)18-5-7-22(32)8-6-18)24(17-3-4-17)14-34-30(36)20-9-19-10-21(31)13-33-27(19)26(11-20)37-2/h5-13,16-17,24H,3-4,14-15H2,1-2H3,(H,34,36)/t16-,24+/m1/s1. The fourth-order valence-electron chi connectivity index (χ4n) is 5.18. The van der Waals surface area contributed by atoms with E-state index >= 15 is 0 Å². The quantitative estimate of drug-likeness (QED) is 0.294. The molecule has 0 unspecified atom stereocenters. The molecule has 1 N–H and O–H groups in total. The number of nitrogens with zero attached hydrogens (tertiary/aromatic N) is 2. The average molecular weight is 532 g/mol. The lowest BCUT2D eigenvalue weighted by atomic mass is 9.93. The van der Waals surface area contributed by atoms with E-state index in [2.05, 4.69) is 23.3 Å². The van der Waals surface area contributed by atoms with Crippen LogP contribution >= 0.6 is 11.6 Å². The second-order valence-corrected chi connectivity index (χ2v) is 10.5. The predicted octanol–water partition coefficient (Wildman–Crippen LogP) is 6.52. The Hall–Kier alpha value is -3.71. The van der Waals surface area contributed by atoms with Crippen LogP contribution in [-0.4, -0.2) is 36.1 Å². The molecule has 8 heteroatoms. The lowest BCUT2D eigenvalue weighted by Crippen LogP contribution is -2.29. The second-order valence-electron chi connectivity index (χ2n) is 10.1. The number of rotatable bonds is 7. The number of carbonyl (C=O) groups excluding carboxylic acids is 1. The van der Waals surface area contributed by atoms with Gasteiger partial charge in [0.15, 0.2) is 0 Å². The van der Waals surface area contributed by atoms with Crippen molar-refractivity contribution in [3.8, 4) is 22.8 Å². The highest BCUT2D eigenvalue weighted by Gasteiger charge is 2.36. The van der Waals surface area contributed by atoms with E-state index in [0.717, 1.165) is 46.5 Å². The monoisotopic (exact) mass is 531 g/mol. The molecule has 1 saturated carbocycles. The van der Waals surface area contributed by atoms with Gasteiger partial charge in [-0.05, 0) is 67.3 Å². The van der Waals surface area contributed by atoms with E-state index in [4.69, 9.17) is 26.1 Å². The van der Waals surface area contributed by atoms with E-state index in [-0.39, 0.29) is 23.6 Å². The molecule has 3 heterocycles. The third kappa shape index (κ3) is 4.67. The Bertz CT molecular complexity index is 1540. The van der Waals surface area contributed by atoms with E-state index < -0.39 is 0 Å². The Balaban J connectivity index is 1.31. The number of carbonyl (C=O) groups is 1. The summed E-state index contributed by atoms with van der Waals surface area (Å²) >= 11 is 6.14. The SMILES string of the molecule is COc1cc(C(=O)NC[C@H](c2cc3c(c(-c4ccc(F)cc4)n2)OC[C@H]3C)C2CC2)cc2cc(Cl)cnc12. The van der Waals surface area contributed by atoms with Gasteiger partial charge in [0.1, 0.15) is 28.5 Å². The van der Waals surface area contributed by atoms with Crippen LogP contribution in [0.15, 0.2) is 54.7 Å². The van der Waals surface area contributed by atoms with Crippen LogP contribution in [0.1, 0.15) is 53.2 Å². The molecule has 1 amide bonds. The third-order valence-electron chi connectivity index (χ3n) is 7.40. The van der Waals surface area contributed by atoms with Crippen LogP contribution in [-0.2, 0) is 0 Å². The summed E-state index contributed by atoms with van der Waals surface area (Å²) in [7, 11) is 1.55. The van der Waals surface area contributed by atoms with Crippen molar-refractivity contribution in [2.24, 2.45) is 5.92 Å². The highest BCUT2D eigenvalue weighted by Crippen LogP contribution is 2.46. The number of methoxy groups -OCH3 is 1. The van der Waals surface area contributed by atoms with E-state index in [1.165, 1.54) is 12.1 Å². The number of pyridine rings is 2. The molecule has 2 atom stereocenters. The van der Waals surface area contributed by atoms with Crippen LogP contribution in [0.5, 0.6) is 11.5 Å². The zero-order valence-corrected chi connectivity index (χ0v) is 21.9. The molecule has 1 aliphatic heterocycles. The molecule has 1 aliphatic carbocycles. The van der Waals surface area contributed by atoms with Gasteiger partial charge in [-0.2, -0.15) is 0 Å². The Kier molecular flexibility index (Phi) is 6.40. The molecule has 6 nitrogen and oxygen atoms in total. The first-order valence-electron chi connectivity index (χ1n) is 12.8. The van der Waals surface area contributed by atoms with Crippen molar-refractivity contribution in [3.05, 3.63) is 82.4 Å². The van der Waals surface area contributed by atoms with Gasteiger partial charge in [-0.3, -0.25) is 9.78 Å². The van der Waals surface area contributed by atoms with Crippen molar-refractivity contribution < 1.29 is 18.7 Å². The van der Waals surface area contributed by atoms with Gasteiger partial charge < -0.3 is 14.8 Å². The molecule has 2 aliphatic rings. The zero-order valence-electron chi connectivity index (χ0n) is 21.1. The van der Waals surface area contributed by atoms with Gasteiger partial charge in [-0.25, -0.2) is 9.37 Å². The summed E-state index contributed by atoms with van der Waals surface area (Å²) in [5.41, 5.74) is 4.70. The summed E-state index contributed by atoms with van der Waals surface area (Å²) in [6.45, 7) is 3.16. The summed E-state index contributed by atoms with van der Waals surface area (Å²) in [4.78, 5) is 22.7. The van der Waals surface area contributed by atoms with Gasteiger partial charge in [0, 0.05) is 52.3 Å². The number of hydrogen-bond acceptors (Lipinski definition) is 5. The van der Waals surface area contributed by atoms with Crippen molar-refractivity contribution in [1.82, 2.24) is 15.3 Å². The summed E-state index contributed by atoms with van der Waals surface area (Å²) < 4.78 is 25.1. The summed E-state index contributed by atoms with van der Waals surface area (Å²) in [5, 5.41) is 4.35. The van der Waals surface area contributed by atoms with Gasteiger partial charge in [-0.1, -0.05) is 18.5 Å². The summed E-state index contributed by atoms with van der Waals surface area (Å²) in [5.74, 6) is 1.50. The first-order chi connectivity index (χ1) is 18.4. The Labute approximate surface area is 225 Å². The van der Waals surface area contributed by atoms with E-state index in [9.17, 15) is 9.18 Å². The largest absolute Gasteiger partial charge is 0.494 e. The van der Waals surface area contributed by atoms with E-state index in [0.29, 0.717) is 40.9 Å². The van der Waals surface area contributed by atoms with Gasteiger partial charge in [0.25, 0.3) is 5.91 Å². The molecule has 2 aromatic carbocycles. The van der Waals surface area contributed by atoms with Gasteiger partial charge >= 0.3 is 0 Å². The first kappa shape index (κ1) is 24.6. The maximum Gasteiger partial charge on any atom is 0.251 e. The maximum atomic E-state index is 13.6. The van der Waals surface area contributed by atoms with E-state index in [1.807, 2.05) is 0 Å². The number of hydrogen-bond donors (Lipinski definition) is 1. The van der Waals surface area contributed by atoms with Crippen molar-refractivity contribution in [1.29, 1.82) is 0 Å². The summed E-state index contributed by atoms with van der Waals surface area (Å²) in [6, 6.07) is 13.7. The fraction of sp³-hybridized carbons (Fsp3) is 0.300. The molecule has 194 valence electrons. The molecular weight excluding hydrogens is 505 g/mol. The number of amides is 1. The molecule has 0 bridgehead atoms. The van der Waals surface area contributed by atoms with Crippen molar-refractivity contribution in [3.63, 3.8) is 0 Å². The Morgan fingerprint density at radius 1 is 1.21 bits per heavy atom. The lowest BCUT2D eigenvalue weighted by molar-refractivity contribution is 0.0950. The molecule has 6 rings (SSSR count). The third-order valence-corrected chi connectivity index (χ3v) is 7.60. The highest BCUT2D eigenvalue weighted by molar-refractivity contribution is 6.31. The van der Waals surface area contributed by atoms with Crippen molar-refractivity contribution >= 4 is 28.4 Å². The minimum absolute atomic E-state index is 0.0507. The van der Waals surface area contributed by atoms with Crippen LogP contribution in [0, 0.1) is 11.7 Å². The molecule has 4 aromatic rings. The number of halogens is 2. The second kappa shape index (κ2) is 9.87. The van der Waals surface area contributed by atoms with Crippen LogP contribution < -0.4 is 14.8 Å². The average Bonchev–Trinajstić information content (AvgIpc) is 3.69. The molecule has 38 heavy (non-hydrogen) atoms. The first-order valence-corrected chi connectivity index (χ1v) is 13.1. The van der Waals surface area contributed by atoms with Crippen molar-refractivity contribution in [2.75, 3.05) is 20.3 Å². The minimum atomic E-state index is -0.294. The molecule has 0 saturated heterocycles. The van der Waals surface area contributed by atoms with Crippen molar-refractivity contribution in [2.45, 2.75) is 31.6 Å². The Morgan fingerprint density at radius 3 is 2.74 bits per heavy atom. The maximum absolute atomic E-state index is 13.6. The molecular formula is C30H27ClFN3O3. The van der Waals surface area contributed by atoms with Crippen LogP contribution in [0.4, 0.5) is 4.39 Å². The zero-order chi connectivity index (χ0) is 26.4. The number of aromatic nitrogens is 2. The Morgan fingerprint density at radius 2 is 2.00 bits per heavy atom. The number of benzene rings is 2. The highest BCUT2D eigenvalue weighted by atomic mass is 35.5. The van der Waals surface area contributed by atoms with E-state index in [1.54, 1.807) is 43.6 Å². The molecule has 2 aromatic heterocycles. The van der Waals surface area contributed by atoms with Gasteiger partial charge in [-0.15, -0.1) is 0 Å². The normalized spacial score (nSPS) is 17.1. The summed E-state index contributed by atoms with van der Waals surface area (Å²) in [6.07, 6.45) is 3.73. The predicted molar refractivity (Wildman–Crippen MR) is 145 cm³/mol. The van der Waals surface area contributed by atoms with Gasteiger partial charge in [0.05, 0.1) is 18.7 Å². The molecule has 0 spiro atoms.